The second-order valence-electron chi connectivity index (χ2n) is 5.49. The highest BCUT2D eigenvalue weighted by Gasteiger charge is 2.13. The molecule has 0 fully saturated rings. The number of aryl methyl sites for hydroxylation is 3. The van der Waals surface area contributed by atoms with Gasteiger partial charge < -0.3 is 5.32 Å². The quantitative estimate of drug-likeness (QED) is 0.889. The minimum atomic E-state index is 0.280. The molecule has 0 radical (unpaired) electrons. The minimum Gasteiger partial charge on any atom is -0.309 e. The Bertz CT molecular complexity index is 575. The van der Waals surface area contributed by atoms with Crippen LogP contribution in [0.25, 0.3) is 0 Å². The summed E-state index contributed by atoms with van der Waals surface area (Å²) in [4.78, 5) is 4.53. The minimum absolute atomic E-state index is 0.280. The van der Waals surface area contributed by atoms with Crippen molar-refractivity contribution in [3.63, 3.8) is 0 Å². The first kappa shape index (κ1) is 14.7. The molecule has 2 heteroatoms. The van der Waals surface area contributed by atoms with E-state index in [1.54, 1.807) is 0 Å². The number of hydrogen-bond acceptors (Lipinski definition) is 2. The van der Waals surface area contributed by atoms with Gasteiger partial charge in [-0.1, -0.05) is 25.1 Å². The second-order valence-corrected chi connectivity index (χ2v) is 5.49. The normalized spacial score (nSPS) is 12.4. The SMILES string of the molecule is CCNC(Cc1ccc(C)c(C)c1)c1cc(C)ccn1. The fourth-order valence-corrected chi connectivity index (χ4v) is 2.44. The number of likely N-dealkylation sites (N-methyl/N-ethyl adjacent to an activating group) is 1. The Hall–Kier alpha value is -1.67. The number of nitrogens with one attached hydrogen (secondary N) is 1. The Morgan fingerprint density at radius 3 is 2.50 bits per heavy atom. The van der Waals surface area contributed by atoms with Crippen LogP contribution in [-0.2, 0) is 6.42 Å². The van der Waals surface area contributed by atoms with E-state index in [4.69, 9.17) is 0 Å². The van der Waals surface area contributed by atoms with E-state index in [1.165, 1.54) is 22.3 Å². The number of hydrogen-bond donors (Lipinski definition) is 1. The van der Waals surface area contributed by atoms with E-state index < -0.39 is 0 Å². The molecular formula is C18H24N2. The molecule has 1 unspecified atom stereocenters. The van der Waals surface area contributed by atoms with Gasteiger partial charge >= 0.3 is 0 Å². The van der Waals surface area contributed by atoms with E-state index in [9.17, 15) is 0 Å². The van der Waals surface area contributed by atoms with E-state index in [2.05, 4.69) is 62.3 Å². The highest BCUT2D eigenvalue weighted by atomic mass is 14.9. The first-order chi connectivity index (χ1) is 9.60. The third kappa shape index (κ3) is 3.67. The fourth-order valence-electron chi connectivity index (χ4n) is 2.44. The Morgan fingerprint density at radius 1 is 1.05 bits per heavy atom. The molecule has 1 atom stereocenters. The van der Waals surface area contributed by atoms with Gasteiger partial charge in [0.2, 0.25) is 0 Å². The molecule has 106 valence electrons. The summed E-state index contributed by atoms with van der Waals surface area (Å²) in [6.07, 6.45) is 2.88. The smallest absolute Gasteiger partial charge is 0.0579 e. The largest absolute Gasteiger partial charge is 0.309 e. The van der Waals surface area contributed by atoms with Crippen LogP contribution in [0.1, 0.15) is 40.9 Å². The molecule has 1 aromatic carbocycles. The van der Waals surface area contributed by atoms with Gasteiger partial charge in [0.25, 0.3) is 0 Å². The Balaban J connectivity index is 2.22. The molecule has 0 aliphatic carbocycles. The zero-order chi connectivity index (χ0) is 14.5. The number of nitrogens with zero attached hydrogens (tertiary/aromatic N) is 1. The third-order valence-corrected chi connectivity index (χ3v) is 3.76. The van der Waals surface area contributed by atoms with Crippen molar-refractivity contribution in [2.45, 2.75) is 40.2 Å². The predicted octanol–water partition coefficient (Wildman–Crippen LogP) is 3.90. The standard InChI is InChI=1S/C18H24N2/c1-5-19-18(17-10-13(2)8-9-20-17)12-16-7-6-14(3)15(4)11-16/h6-11,18-19H,5,12H2,1-4H3. The Morgan fingerprint density at radius 2 is 1.85 bits per heavy atom. The van der Waals surface area contributed by atoms with E-state index in [0.717, 1.165) is 18.7 Å². The van der Waals surface area contributed by atoms with Crippen LogP contribution in [0.15, 0.2) is 36.5 Å². The van der Waals surface area contributed by atoms with Crippen LogP contribution < -0.4 is 5.32 Å². The lowest BCUT2D eigenvalue weighted by molar-refractivity contribution is 0.536. The first-order valence-electron chi connectivity index (χ1n) is 7.32. The number of rotatable bonds is 5. The maximum absolute atomic E-state index is 4.53. The first-order valence-corrected chi connectivity index (χ1v) is 7.32. The van der Waals surface area contributed by atoms with Crippen molar-refractivity contribution in [2.75, 3.05) is 6.54 Å². The summed E-state index contributed by atoms with van der Waals surface area (Å²) in [5.74, 6) is 0. The van der Waals surface area contributed by atoms with Crippen LogP contribution in [0, 0.1) is 20.8 Å². The van der Waals surface area contributed by atoms with Gasteiger partial charge in [0.05, 0.1) is 11.7 Å². The van der Waals surface area contributed by atoms with Gasteiger partial charge in [-0.2, -0.15) is 0 Å². The molecule has 2 nitrogen and oxygen atoms in total. The molecular weight excluding hydrogens is 244 g/mol. The average Bonchev–Trinajstić information content (AvgIpc) is 2.42. The average molecular weight is 268 g/mol. The summed E-state index contributed by atoms with van der Waals surface area (Å²) in [6.45, 7) is 9.54. The van der Waals surface area contributed by atoms with Crippen molar-refractivity contribution in [3.8, 4) is 0 Å². The molecule has 20 heavy (non-hydrogen) atoms. The highest BCUT2D eigenvalue weighted by molar-refractivity contribution is 5.31. The maximum atomic E-state index is 4.53. The maximum Gasteiger partial charge on any atom is 0.0579 e. The lowest BCUT2D eigenvalue weighted by Crippen LogP contribution is -2.24. The van der Waals surface area contributed by atoms with E-state index >= 15 is 0 Å². The molecule has 0 saturated heterocycles. The predicted molar refractivity (Wildman–Crippen MR) is 85.0 cm³/mol. The van der Waals surface area contributed by atoms with Crippen LogP contribution in [0.5, 0.6) is 0 Å². The molecule has 0 aliphatic heterocycles. The number of pyridine rings is 1. The van der Waals surface area contributed by atoms with Gasteiger partial charge in [0.1, 0.15) is 0 Å². The Labute approximate surface area is 122 Å². The summed E-state index contributed by atoms with van der Waals surface area (Å²) in [5.41, 5.74) is 6.46. The summed E-state index contributed by atoms with van der Waals surface area (Å²) in [7, 11) is 0. The van der Waals surface area contributed by atoms with Crippen molar-refractivity contribution in [1.82, 2.24) is 10.3 Å². The summed E-state index contributed by atoms with van der Waals surface area (Å²) in [5, 5.41) is 3.55. The molecule has 1 heterocycles. The number of aromatic nitrogens is 1. The van der Waals surface area contributed by atoms with Crippen molar-refractivity contribution >= 4 is 0 Å². The molecule has 0 saturated carbocycles. The topological polar surface area (TPSA) is 24.9 Å². The highest BCUT2D eigenvalue weighted by Crippen LogP contribution is 2.19. The lowest BCUT2D eigenvalue weighted by Gasteiger charge is -2.18. The van der Waals surface area contributed by atoms with Crippen molar-refractivity contribution < 1.29 is 0 Å². The monoisotopic (exact) mass is 268 g/mol. The second kappa shape index (κ2) is 6.67. The molecule has 0 aliphatic rings. The zero-order valence-corrected chi connectivity index (χ0v) is 12.9. The van der Waals surface area contributed by atoms with Crippen LogP contribution in [0.2, 0.25) is 0 Å². The summed E-state index contributed by atoms with van der Waals surface area (Å²) >= 11 is 0. The molecule has 0 amide bonds. The molecule has 2 rings (SSSR count). The third-order valence-electron chi connectivity index (χ3n) is 3.76. The van der Waals surface area contributed by atoms with Gasteiger partial charge in [0.15, 0.2) is 0 Å². The van der Waals surface area contributed by atoms with Crippen LogP contribution in [0.3, 0.4) is 0 Å². The summed E-state index contributed by atoms with van der Waals surface area (Å²) < 4.78 is 0. The molecule has 2 aromatic rings. The zero-order valence-electron chi connectivity index (χ0n) is 12.9. The fraction of sp³-hybridized carbons (Fsp3) is 0.389. The van der Waals surface area contributed by atoms with E-state index in [-0.39, 0.29) is 6.04 Å². The van der Waals surface area contributed by atoms with Gasteiger partial charge in [0, 0.05) is 6.20 Å². The summed E-state index contributed by atoms with van der Waals surface area (Å²) in [6, 6.07) is 11.2. The van der Waals surface area contributed by atoms with Crippen molar-refractivity contribution in [3.05, 3.63) is 64.5 Å². The van der Waals surface area contributed by atoms with Gasteiger partial charge in [-0.05, 0) is 68.1 Å². The van der Waals surface area contributed by atoms with Crippen LogP contribution in [-0.4, -0.2) is 11.5 Å². The molecule has 1 N–H and O–H groups in total. The number of benzene rings is 1. The Kier molecular flexibility index (Phi) is 4.91. The van der Waals surface area contributed by atoms with Crippen molar-refractivity contribution in [1.29, 1.82) is 0 Å². The van der Waals surface area contributed by atoms with Crippen LogP contribution in [0.4, 0.5) is 0 Å². The van der Waals surface area contributed by atoms with E-state index in [1.807, 2.05) is 12.3 Å². The van der Waals surface area contributed by atoms with Gasteiger partial charge in [-0.15, -0.1) is 0 Å². The molecule has 0 bridgehead atoms. The van der Waals surface area contributed by atoms with Gasteiger partial charge in [-0.25, -0.2) is 0 Å². The molecule has 0 spiro atoms. The lowest BCUT2D eigenvalue weighted by atomic mass is 9.98. The molecule has 1 aromatic heterocycles. The van der Waals surface area contributed by atoms with E-state index in [0.29, 0.717) is 0 Å². The van der Waals surface area contributed by atoms with Gasteiger partial charge in [-0.3, -0.25) is 4.98 Å². The van der Waals surface area contributed by atoms with Crippen molar-refractivity contribution in [2.24, 2.45) is 0 Å². The van der Waals surface area contributed by atoms with Crippen LogP contribution >= 0.6 is 0 Å².